The van der Waals surface area contributed by atoms with Gasteiger partial charge in [0.1, 0.15) is 13.2 Å². The van der Waals surface area contributed by atoms with Crippen molar-refractivity contribution in [2.45, 2.75) is 13.3 Å². The van der Waals surface area contributed by atoms with Crippen LogP contribution in [-0.4, -0.2) is 24.9 Å². The van der Waals surface area contributed by atoms with Crippen LogP contribution in [0.4, 0.5) is 0 Å². The lowest BCUT2D eigenvalue weighted by Gasteiger charge is -2.22. The van der Waals surface area contributed by atoms with E-state index >= 15 is 0 Å². The monoisotopic (exact) mass is 228 g/mol. The van der Waals surface area contributed by atoms with Crippen LogP contribution in [0.1, 0.15) is 11.1 Å². The maximum absolute atomic E-state index is 8.92. The second-order valence-corrected chi connectivity index (χ2v) is 3.88. The van der Waals surface area contributed by atoms with Crippen molar-refractivity contribution in [1.29, 1.82) is 0 Å². The molecule has 0 spiro atoms. The van der Waals surface area contributed by atoms with Crippen LogP contribution in [0, 0.1) is 6.92 Å². The van der Waals surface area contributed by atoms with Crippen molar-refractivity contribution in [2.75, 3.05) is 19.8 Å². The predicted molar refractivity (Wildman–Crippen MR) is 58.0 cm³/mol. The summed E-state index contributed by atoms with van der Waals surface area (Å²) in [5, 5.41) is 9.48. The smallest absolute Gasteiger partial charge is 0.180 e. The van der Waals surface area contributed by atoms with Gasteiger partial charge in [-0.25, -0.2) is 0 Å². The molecule has 1 aliphatic heterocycles. The number of hydrogen-bond donors (Lipinski definition) is 1. The van der Waals surface area contributed by atoms with Crippen molar-refractivity contribution in [2.24, 2.45) is 0 Å². The number of rotatable bonds is 2. The Morgan fingerprint density at radius 1 is 1.33 bits per heavy atom. The molecule has 0 aromatic heterocycles. The molecular weight excluding hydrogens is 216 g/mol. The van der Waals surface area contributed by atoms with Gasteiger partial charge in [-0.15, -0.1) is 0 Å². The number of benzene rings is 1. The number of hydrogen-bond acceptors (Lipinski definition) is 3. The molecule has 2 rings (SSSR count). The highest BCUT2D eigenvalue weighted by atomic mass is 35.5. The van der Waals surface area contributed by atoms with E-state index in [1.807, 2.05) is 13.0 Å². The summed E-state index contributed by atoms with van der Waals surface area (Å²) >= 11 is 6.07. The van der Waals surface area contributed by atoms with E-state index in [2.05, 4.69) is 0 Å². The van der Waals surface area contributed by atoms with Crippen molar-refractivity contribution in [3.05, 3.63) is 22.2 Å². The largest absolute Gasteiger partial charge is 0.486 e. The van der Waals surface area contributed by atoms with Gasteiger partial charge in [0.15, 0.2) is 11.5 Å². The summed E-state index contributed by atoms with van der Waals surface area (Å²) < 4.78 is 11.0. The molecule has 1 heterocycles. The van der Waals surface area contributed by atoms with Crippen molar-refractivity contribution in [3.63, 3.8) is 0 Å². The maximum Gasteiger partial charge on any atom is 0.180 e. The van der Waals surface area contributed by atoms with Crippen LogP contribution in [0.25, 0.3) is 0 Å². The minimum atomic E-state index is 0.108. The van der Waals surface area contributed by atoms with E-state index in [0.717, 1.165) is 16.9 Å². The fourth-order valence-electron chi connectivity index (χ4n) is 1.73. The van der Waals surface area contributed by atoms with Gasteiger partial charge < -0.3 is 14.6 Å². The lowest BCUT2D eigenvalue weighted by molar-refractivity contribution is 0.170. The van der Waals surface area contributed by atoms with Gasteiger partial charge in [-0.1, -0.05) is 11.6 Å². The van der Waals surface area contributed by atoms with Crippen molar-refractivity contribution >= 4 is 11.6 Å². The molecule has 0 bridgehead atoms. The van der Waals surface area contributed by atoms with E-state index < -0.39 is 0 Å². The number of halogens is 1. The van der Waals surface area contributed by atoms with Gasteiger partial charge >= 0.3 is 0 Å². The molecule has 82 valence electrons. The van der Waals surface area contributed by atoms with Crippen molar-refractivity contribution < 1.29 is 14.6 Å². The molecule has 1 N–H and O–H groups in total. The second-order valence-electron chi connectivity index (χ2n) is 3.47. The van der Waals surface area contributed by atoms with Crippen LogP contribution in [-0.2, 0) is 6.42 Å². The lowest BCUT2D eigenvalue weighted by Crippen LogP contribution is -2.17. The highest BCUT2D eigenvalue weighted by Crippen LogP contribution is 2.41. The lowest BCUT2D eigenvalue weighted by atomic mass is 10.0. The third kappa shape index (κ3) is 1.90. The zero-order valence-electron chi connectivity index (χ0n) is 8.55. The van der Waals surface area contributed by atoms with Crippen LogP contribution >= 0.6 is 11.6 Å². The van der Waals surface area contributed by atoms with Crippen LogP contribution < -0.4 is 9.47 Å². The fourth-order valence-corrected chi connectivity index (χ4v) is 2.00. The number of aliphatic hydroxyl groups excluding tert-OH is 1. The topological polar surface area (TPSA) is 38.7 Å². The molecule has 1 aromatic rings. The first kappa shape index (κ1) is 10.6. The van der Waals surface area contributed by atoms with Gasteiger partial charge in [-0.3, -0.25) is 0 Å². The quantitative estimate of drug-likeness (QED) is 0.841. The van der Waals surface area contributed by atoms with Crippen LogP contribution in [0.3, 0.4) is 0 Å². The molecule has 1 aliphatic rings. The molecule has 4 heteroatoms. The molecule has 0 aliphatic carbocycles. The molecule has 3 nitrogen and oxygen atoms in total. The van der Waals surface area contributed by atoms with Gasteiger partial charge in [-0.05, 0) is 30.5 Å². The van der Waals surface area contributed by atoms with Gasteiger partial charge in [0.05, 0.1) is 5.02 Å². The first-order chi connectivity index (χ1) is 7.24. The zero-order valence-corrected chi connectivity index (χ0v) is 9.30. The number of aliphatic hydroxyl groups is 1. The highest BCUT2D eigenvalue weighted by Gasteiger charge is 2.20. The van der Waals surface area contributed by atoms with Gasteiger partial charge in [0.25, 0.3) is 0 Å². The summed E-state index contributed by atoms with van der Waals surface area (Å²) in [5.74, 6) is 1.35. The molecule has 15 heavy (non-hydrogen) atoms. The summed E-state index contributed by atoms with van der Waals surface area (Å²) in [6.07, 6.45) is 0.586. The van der Waals surface area contributed by atoms with Gasteiger partial charge in [-0.2, -0.15) is 0 Å². The average molecular weight is 229 g/mol. The maximum atomic E-state index is 8.92. The highest BCUT2D eigenvalue weighted by molar-refractivity contribution is 6.32. The van der Waals surface area contributed by atoms with Crippen molar-refractivity contribution in [3.8, 4) is 11.5 Å². The third-order valence-electron chi connectivity index (χ3n) is 2.50. The Kier molecular flexibility index (Phi) is 3.03. The van der Waals surface area contributed by atoms with E-state index in [9.17, 15) is 0 Å². The van der Waals surface area contributed by atoms with Crippen LogP contribution in [0.5, 0.6) is 11.5 Å². The van der Waals surface area contributed by atoms with E-state index in [1.165, 1.54) is 0 Å². The summed E-state index contributed by atoms with van der Waals surface area (Å²) in [6, 6.07) is 1.83. The normalized spacial score (nSPS) is 14.1. The van der Waals surface area contributed by atoms with Crippen LogP contribution in [0.15, 0.2) is 6.07 Å². The van der Waals surface area contributed by atoms with Crippen LogP contribution in [0.2, 0.25) is 5.02 Å². The van der Waals surface area contributed by atoms with E-state index in [-0.39, 0.29) is 6.61 Å². The Bertz CT molecular complexity index is 377. The SMILES string of the molecule is Cc1c(CCO)cc(Cl)c2c1OCCO2. The summed E-state index contributed by atoms with van der Waals surface area (Å²) in [5.41, 5.74) is 2.01. The Morgan fingerprint density at radius 3 is 2.67 bits per heavy atom. The molecule has 0 amide bonds. The average Bonchev–Trinajstić information content (AvgIpc) is 2.26. The Morgan fingerprint density at radius 2 is 2.00 bits per heavy atom. The predicted octanol–water partition coefficient (Wildman–Crippen LogP) is 1.95. The van der Waals surface area contributed by atoms with E-state index in [4.69, 9.17) is 26.2 Å². The number of fused-ring (bicyclic) bond motifs is 1. The fraction of sp³-hybridized carbons (Fsp3) is 0.455. The van der Waals surface area contributed by atoms with Gasteiger partial charge in [0, 0.05) is 6.61 Å². The standard InChI is InChI=1S/C11H13ClO3/c1-7-8(2-3-13)6-9(12)11-10(7)14-4-5-15-11/h6,13H,2-5H2,1H3. The molecular formula is C11H13ClO3. The summed E-state index contributed by atoms with van der Waals surface area (Å²) in [7, 11) is 0. The molecule has 0 atom stereocenters. The zero-order chi connectivity index (χ0) is 10.8. The first-order valence-electron chi connectivity index (χ1n) is 4.92. The Hall–Kier alpha value is -0.930. The Labute approximate surface area is 93.6 Å². The number of ether oxygens (including phenoxy) is 2. The molecule has 0 saturated heterocycles. The Balaban J connectivity index is 2.49. The molecule has 0 saturated carbocycles. The minimum absolute atomic E-state index is 0.108. The van der Waals surface area contributed by atoms with Gasteiger partial charge in [0.2, 0.25) is 0 Å². The van der Waals surface area contributed by atoms with E-state index in [1.54, 1.807) is 0 Å². The molecule has 0 fully saturated rings. The molecule has 0 unspecified atom stereocenters. The molecule has 0 radical (unpaired) electrons. The third-order valence-corrected chi connectivity index (χ3v) is 2.78. The second kappa shape index (κ2) is 4.29. The summed E-state index contributed by atoms with van der Waals surface area (Å²) in [6.45, 7) is 3.14. The van der Waals surface area contributed by atoms with Crippen molar-refractivity contribution in [1.82, 2.24) is 0 Å². The molecule has 1 aromatic carbocycles. The summed E-state index contributed by atoms with van der Waals surface area (Å²) in [4.78, 5) is 0. The minimum Gasteiger partial charge on any atom is -0.486 e. The first-order valence-corrected chi connectivity index (χ1v) is 5.30. The van der Waals surface area contributed by atoms with E-state index in [0.29, 0.717) is 30.4 Å².